The van der Waals surface area contributed by atoms with Gasteiger partial charge in [-0.15, -0.1) is 11.3 Å². The molecule has 2 aromatic heterocycles. The second kappa shape index (κ2) is 8.38. The molecule has 0 aliphatic heterocycles. The van der Waals surface area contributed by atoms with Gasteiger partial charge in [-0.2, -0.15) is 5.10 Å². The summed E-state index contributed by atoms with van der Waals surface area (Å²) >= 11 is 1.61. The van der Waals surface area contributed by atoms with E-state index in [1.165, 1.54) is 21.3 Å². The minimum absolute atomic E-state index is 0.0895. The predicted molar refractivity (Wildman–Crippen MR) is 126 cm³/mol. The third-order valence-electron chi connectivity index (χ3n) is 5.78. The summed E-state index contributed by atoms with van der Waals surface area (Å²) in [7, 11) is 0. The highest BCUT2D eigenvalue weighted by atomic mass is 32.1. The van der Waals surface area contributed by atoms with Crippen LogP contribution in [0.25, 0.3) is 10.2 Å². The minimum Gasteiger partial charge on any atom is -0.289 e. The summed E-state index contributed by atoms with van der Waals surface area (Å²) in [6.07, 6.45) is 6.05. The van der Waals surface area contributed by atoms with Crippen molar-refractivity contribution in [1.82, 2.24) is 15.0 Å². The summed E-state index contributed by atoms with van der Waals surface area (Å²) in [5.41, 5.74) is 5.71. The van der Waals surface area contributed by atoms with E-state index in [9.17, 15) is 9.59 Å². The van der Waals surface area contributed by atoms with Crippen LogP contribution in [-0.4, -0.2) is 21.7 Å². The van der Waals surface area contributed by atoms with Crippen LogP contribution in [-0.2, 0) is 29.6 Å². The Morgan fingerprint density at radius 2 is 2.06 bits per heavy atom. The van der Waals surface area contributed by atoms with Crippen molar-refractivity contribution in [3.05, 3.63) is 62.5 Å². The van der Waals surface area contributed by atoms with Crippen LogP contribution in [0.5, 0.6) is 0 Å². The van der Waals surface area contributed by atoms with E-state index < -0.39 is 0 Å². The quantitative estimate of drug-likeness (QED) is 0.496. The average molecular weight is 437 g/mol. The fourth-order valence-electron chi connectivity index (χ4n) is 3.92. The smallest absolute Gasteiger partial charge is 0.262 e. The number of benzene rings is 1. The van der Waals surface area contributed by atoms with Gasteiger partial charge in [0, 0.05) is 4.88 Å². The predicted octanol–water partition coefficient (Wildman–Crippen LogP) is 4.03. The summed E-state index contributed by atoms with van der Waals surface area (Å²) < 4.78 is 1.37. The highest BCUT2D eigenvalue weighted by molar-refractivity contribution is 7.18. The number of hydrazone groups is 1. The molecule has 1 unspecified atom stereocenters. The number of nitrogens with zero attached hydrogens (tertiary/aromatic N) is 3. The van der Waals surface area contributed by atoms with Crippen molar-refractivity contribution in [3.63, 3.8) is 0 Å². The Hall–Kier alpha value is -2.80. The van der Waals surface area contributed by atoms with Crippen molar-refractivity contribution >= 4 is 33.7 Å². The van der Waals surface area contributed by atoms with Crippen molar-refractivity contribution in [1.29, 1.82) is 0 Å². The van der Waals surface area contributed by atoms with Crippen LogP contribution < -0.4 is 11.0 Å². The Labute approximate surface area is 186 Å². The molecule has 7 heteroatoms. The Balaban J connectivity index is 1.44. The molecule has 6 nitrogen and oxygen atoms in total. The Kier molecular flexibility index (Phi) is 5.79. The first-order chi connectivity index (χ1) is 14.7. The van der Waals surface area contributed by atoms with Crippen molar-refractivity contribution in [3.8, 4) is 0 Å². The SMILES string of the molecule is CC1CCc2c(sc3ncn(CC(=O)N/N=C\c4ccc(C(C)(C)C)cc4)c(=O)c23)C1. The van der Waals surface area contributed by atoms with Crippen LogP contribution in [0.1, 0.15) is 55.7 Å². The zero-order chi connectivity index (χ0) is 22.2. The van der Waals surface area contributed by atoms with Crippen LogP contribution in [0.4, 0.5) is 0 Å². The molecule has 1 N–H and O–H groups in total. The van der Waals surface area contributed by atoms with Crippen LogP contribution >= 0.6 is 11.3 Å². The molecule has 0 bridgehead atoms. The molecule has 0 saturated carbocycles. The standard InChI is InChI=1S/C24H28N4O2S/c1-15-5-10-18-19(11-15)31-22-21(18)23(30)28(14-25-22)13-20(29)27-26-12-16-6-8-17(9-7-16)24(2,3)4/h6-9,12,14-15H,5,10-11,13H2,1-4H3,(H,27,29)/b26-12-. The van der Waals surface area contributed by atoms with E-state index in [0.717, 1.165) is 35.2 Å². The van der Waals surface area contributed by atoms with E-state index >= 15 is 0 Å². The lowest BCUT2D eigenvalue weighted by Crippen LogP contribution is -2.30. The number of aromatic nitrogens is 2. The van der Waals surface area contributed by atoms with Gasteiger partial charge in [0.1, 0.15) is 11.4 Å². The van der Waals surface area contributed by atoms with Gasteiger partial charge in [-0.05, 0) is 47.3 Å². The topological polar surface area (TPSA) is 76.3 Å². The molecule has 2 heterocycles. The van der Waals surface area contributed by atoms with E-state index in [2.05, 4.69) is 55.3 Å². The number of rotatable bonds is 4. The Morgan fingerprint density at radius 3 is 2.77 bits per heavy atom. The molecule has 0 radical (unpaired) electrons. The molecule has 3 aromatic rings. The molecular weight excluding hydrogens is 408 g/mol. The lowest BCUT2D eigenvalue weighted by molar-refractivity contribution is -0.121. The van der Waals surface area contributed by atoms with Crippen LogP contribution in [0.15, 0.2) is 40.5 Å². The second-order valence-electron chi connectivity index (χ2n) is 9.37. The molecule has 0 spiro atoms. The number of thiophene rings is 1. The van der Waals surface area contributed by atoms with Gasteiger partial charge in [0.15, 0.2) is 0 Å². The third-order valence-corrected chi connectivity index (χ3v) is 6.94. The maximum Gasteiger partial charge on any atom is 0.262 e. The van der Waals surface area contributed by atoms with Gasteiger partial charge in [-0.25, -0.2) is 10.4 Å². The first-order valence-electron chi connectivity index (χ1n) is 10.6. The van der Waals surface area contributed by atoms with Gasteiger partial charge in [0.2, 0.25) is 0 Å². The fraction of sp³-hybridized carbons (Fsp3) is 0.417. The number of hydrogen-bond donors (Lipinski definition) is 1. The Morgan fingerprint density at radius 1 is 1.32 bits per heavy atom. The number of carbonyl (C=O) groups excluding carboxylic acids is 1. The maximum absolute atomic E-state index is 13.0. The summed E-state index contributed by atoms with van der Waals surface area (Å²) in [5, 5.41) is 4.72. The number of amides is 1. The van der Waals surface area contributed by atoms with Gasteiger partial charge in [-0.3, -0.25) is 14.2 Å². The highest BCUT2D eigenvalue weighted by Crippen LogP contribution is 2.35. The van der Waals surface area contributed by atoms with E-state index in [1.807, 2.05) is 12.1 Å². The van der Waals surface area contributed by atoms with E-state index in [-0.39, 0.29) is 23.4 Å². The summed E-state index contributed by atoms with van der Waals surface area (Å²) in [6.45, 7) is 8.62. The van der Waals surface area contributed by atoms with Gasteiger partial charge in [-0.1, -0.05) is 52.0 Å². The average Bonchev–Trinajstić information content (AvgIpc) is 3.08. The highest BCUT2D eigenvalue weighted by Gasteiger charge is 2.23. The van der Waals surface area contributed by atoms with Crippen LogP contribution in [0.2, 0.25) is 0 Å². The van der Waals surface area contributed by atoms with Crippen molar-refractivity contribution in [2.24, 2.45) is 11.0 Å². The molecule has 0 fully saturated rings. The first-order valence-corrected chi connectivity index (χ1v) is 11.5. The molecule has 162 valence electrons. The van der Waals surface area contributed by atoms with E-state index in [1.54, 1.807) is 17.6 Å². The molecule has 1 aliphatic rings. The number of aryl methyl sites for hydroxylation is 1. The number of carbonyl (C=O) groups is 1. The van der Waals surface area contributed by atoms with Crippen molar-refractivity contribution in [2.45, 2.75) is 58.9 Å². The normalized spacial score (nSPS) is 16.6. The first kappa shape index (κ1) is 21.4. The molecule has 1 atom stereocenters. The van der Waals surface area contributed by atoms with E-state index in [0.29, 0.717) is 11.3 Å². The molecule has 1 aromatic carbocycles. The third kappa shape index (κ3) is 4.61. The molecular formula is C24H28N4O2S. The molecule has 31 heavy (non-hydrogen) atoms. The van der Waals surface area contributed by atoms with Crippen LogP contribution in [0, 0.1) is 5.92 Å². The van der Waals surface area contributed by atoms with Gasteiger partial charge in [0.05, 0.1) is 17.9 Å². The molecule has 4 rings (SSSR count). The van der Waals surface area contributed by atoms with Crippen molar-refractivity contribution in [2.75, 3.05) is 0 Å². The van der Waals surface area contributed by atoms with Crippen molar-refractivity contribution < 1.29 is 4.79 Å². The summed E-state index contributed by atoms with van der Waals surface area (Å²) in [4.78, 5) is 31.8. The summed E-state index contributed by atoms with van der Waals surface area (Å²) in [5.74, 6) is 0.277. The number of fused-ring (bicyclic) bond motifs is 3. The second-order valence-corrected chi connectivity index (χ2v) is 10.5. The monoisotopic (exact) mass is 436 g/mol. The largest absolute Gasteiger partial charge is 0.289 e. The lowest BCUT2D eigenvalue weighted by atomic mass is 9.87. The minimum atomic E-state index is -0.358. The van der Waals surface area contributed by atoms with Crippen LogP contribution in [0.3, 0.4) is 0 Å². The molecule has 1 aliphatic carbocycles. The van der Waals surface area contributed by atoms with Gasteiger partial charge < -0.3 is 0 Å². The van der Waals surface area contributed by atoms with Gasteiger partial charge >= 0.3 is 0 Å². The zero-order valence-corrected chi connectivity index (χ0v) is 19.3. The Bertz CT molecular complexity index is 1200. The number of hydrogen-bond acceptors (Lipinski definition) is 5. The van der Waals surface area contributed by atoms with Gasteiger partial charge in [0.25, 0.3) is 11.5 Å². The van der Waals surface area contributed by atoms with E-state index in [4.69, 9.17) is 0 Å². The summed E-state index contributed by atoms with van der Waals surface area (Å²) in [6, 6.07) is 8.07. The fourth-order valence-corrected chi connectivity index (χ4v) is 5.26. The maximum atomic E-state index is 13.0. The zero-order valence-electron chi connectivity index (χ0n) is 18.4. The molecule has 0 saturated heterocycles. The molecule has 1 amide bonds. The number of nitrogens with one attached hydrogen (secondary N) is 1. The lowest BCUT2D eigenvalue weighted by Gasteiger charge is -2.18.